The van der Waals surface area contributed by atoms with E-state index in [-0.39, 0.29) is 16.5 Å². The quantitative estimate of drug-likeness (QED) is 0.328. The first-order valence-corrected chi connectivity index (χ1v) is 13.4. The number of thiazole rings is 1. The number of carbonyl (C=O) groups excluding carboxylic acids is 1. The molecule has 174 valence electrons. The van der Waals surface area contributed by atoms with Gasteiger partial charge in [-0.1, -0.05) is 24.3 Å². The van der Waals surface area contributed by atoms with Gasteiger partial charge in [0, 0.05) is 28.7 Å². The predicted octanol–water partition coefficient (Wildman–Crippen LogP) is 5.53. The molecule has 34 heavy (non-hydrogen) atoms. The van der Waals surface area contributed by atoms with Gasteiger partial charge in [-0.3, -0.25) is 0 Å². The van der Waals surface area contributed by atoms with Crippen molar-refractivity contribution in [3.8, 4) is 11.3 Å². The van der Waals surface area contributed by atoms with Crippen molar-refractivity contribution in [2.24, 2.45) is 0 Å². The molecule has 0 spiro atoms. The molecule has 1 aromatic carbocycles. The van der Waals surface area contributed by atoms with Crippen molar-refractivity contribution >= 4 is 43.9 Å². The van der Waals surface area contributed by atoms with Crippen molar-refractivity contribution in [2.45, 2.75) is 37.5 Å². The highest BCUT2D eigenvalue weighted by Gasteiger charge is 2.25. The standard InChI is InChI=1S/C25H23N3O4S2/c1-2-32-25(29)24-27-22(16-33-24)21-15-28(34(30,31)19-11-7-4-8-12-19)23-20(21)13-18(14-26-23)17-9-5-3-6-10-17/h4,7-9,11-16H,2-3,5-6,10H2,1H3. The van der Waals surface area contributed by atoms with Crippen molar-refractivity contribution in [1.29, 1.82) is 0 Å². The number of hydrogen-bond acceptors (Lipinski definition) is 7. The van der Waals surface area contributed by atoms with E-state index in [1.54, 1.807) is 55.0 Å². The maximum absolute atomic E-state index is 13.5. The first-order valence-electron chi connectivity index (χ1n) is 11.1. The fourth-order valence-corrected chi connectivity index (χ4v) is 6.19. The Morgan fingerprint density at radius 1 is 1.21 bits per heavy atom. The Balaban J connectivity index is 1.70. The summed E-state index contributed by atoms with van der Waals surface area (Å²) in [5.41, 5.74) is 3.63. The molecule has 1 aliphatic rings. The fourth-order valence-electron chi connectivity index (χ4n) is 4.13. The van der Waals surface area contributed by atoms with Gasteiger partial charge in [0.15, 0.2) is 5.65 Å². The Kier molecular flexibility index (Phi) is 6.05. The van der Waals surface area contributed by atoms with Gasteiger partial charge < -0.3 is 4.74 Å². The zero-order valence-corrected chi connectivity index (χ0v) is 20.2. The number of pyridine rings is 1. The van der Waals surface area contributed by atoms with Crippen LogP contribution in [-0.2, 0) is 14.8 Å². The minimum Gasteiger partial charge on any atom is -0.461 e. The summed E-state index contributed by atoms with van der Waals surface area (Å²) >= 11 is 1.17. The van der Waals surface area contributed by atoms with Gasteiger partial charge in [-0.05, 0) is 61.9 Å². The van der Waals surface area contributed by atoms with Crippen LogP contribution in [0.5, 0.6) is 0 Å². The van der Waals surface area contributed by atoms with Crippen LogP contribution in [0.15, 0.2) is 65.1 Å². The number of allylic oxidation sites excluding steroid dienone is 2. The lowest BCUT2D eigenvalue weighted by Crippen LogP contribution is -2.12. The second kappa shape index (κ2) is 9.15. The number of carbonyl (C=O) groups is 1. The largest absolute Gasteiger partial charge is 0.461 e. The average Bonchev–Trinajstić information content (AvgIpc) is 3.50. The molecule has 3 aromatic heterocycles. The van der Waals surface area contributed by atoms with Gasteiger partial charge in [-0.15, -0.1) is 11.3 Å². The molecule has 0 amide bonds. The third-order valence-electron chi connectivity index (χ3n) is 5.80. The van der Waals surface area contributed by atoms with Crippen molar-refractivity contribution < 1.29 is 17.9 Å². The van der Waals surface area contributed by atoms with Crippen molar-refractivity contribution in [3.05, 3.63) is 70.8 Å². The van der Waals surface area contributed by atoms with E-state index in [0.29, 0.717) is 22.3 Å². The Morgan fingerprint density at radius 2 is 2.03 bits per heavy atom. The molecule has 0 radical (unpaired) electrons. The van der Waals surface area contributed by atoms with E-state index in [1.807, 2.05) is 6.07 Å². The van der Waals surface area contributed by atoms with Crippen LogP contribution in [-0.4, -0.2) is 34.9 Å². The number of ether oxygens (including phenoxy) is 1. The Bertz CT molecular complexity index is 1500. The lowest BCUT2D eigenvalue weighted by Gasteiger charge is -2.13. The van der Waals surface area contributed by atoms with Gasteiger partial charge in [-0.2, -0.15) is 0 Å². The molecule has 0 saturated carbocycles. The number of benzene rings is 1. The van der Waals surface area contributed by atoms with Crippen molar-refractivity contribution in [2.75, 3.05) is 6.61 Å². The predicted molar refractivity (Wildman–Crippen MR) is 132 cm³/mol. The Morgan fingerprint density at radius 3 is 2.76 bits per heavy atom. The van der Waals surface area contributed by atoms with E-state index >= 15 is 0 Å². The number of esters is 1. The maximum atomic E-state index is 13.5. The van der Waals surface area contributed by atoms with E-state index in [0.717, 1.165) is 24.8 Å². The first kappa shape index (κ1) is 22.5. The molecule has 0 bridgehead atoms. The van der Waals surface area contributed by atoms with Crippen LogP contribution in [0.3, 0.4) is 0 Å². The van der Waals surface area contributed by atoms with Crippen LogP contribution < -0.4 is 0 Å². The second-order valence-electron chi connectivity index (χ2n) is 7.99. The summed E-state index contributed by atoms with van der Waals surface area (Å²) in [5, 5.41) is 2.64. The Hall–Kier alpha value is -3.30. The highest BCUT2D eigenvalue weighted by Crippen LogP contribution is 2.36. The summed E-state index contributed by atoms with van der Waals surface area (Å²) in [6, 6.07) is 10.2. The summed E-state index contributed by atoms with van der Waals surface area (Å²) in [4.78, 5) is 21.4. The number of fused-ring (bicyclic) bond motifs is 1. The molecule has 5 rings (SSSR count). The molecule has 0 aliphatic heterocycles. The summed E-state index contributed by atoms with van der Waals surface area (Å²) < 4.78 is 33.3. The fraction of sp³-hybridized carbons (Fsp3) is 0.240. The third-order valence-corrected chi connectivity index (χ3v) is 8.29. The molecule has 3 heterocycles. The van der Waals surface area contributed by atoms with Gasteiger partial charge >= 0.3 is 5.97 Å². The number of rotatable bonds is 6. The lowest BCUT2D eigenvalue weighted by atomic mass is 9.94. The van der Waals surface area contributed by atoms with E-state index < -0.39 is 16.0 Å². The molecule has 0 atom stereocenters. The van der Waals surface area contributed by atoms with Crippen LogP contribution in [0, 0.1) is 0 Å². The molecular formula is C25H23N3O4S2. The van der Waals surface area contributed by atoms with Crippen LogP contribution in [0.4, 0.5) is 0 Å². The summed E-state index contributed by atoms with van der Waals surface area (Å²) in [7, 11) is -3.89. The third kappa shape index (κ3) is 4.05. The molecule has 1 aliphatic carbocycles. The molecule has 0 unspecified atom stereocenters. The van der Waals surface area contributed by atoms with Gasteiger partial charge in [-0.25, -0.2) is 27.2 Å². The normalized spacial score (nSPS) is 14.2. The van der Waals surface area contributed by atoms with Crippen LogP contribution in [0.25, 0.3) is 27.9 Å². The molecule has 0 saturated heterocycles. The average molecular weight is 494 g/mol. The van der Waals surface area contributed by atoms with Crippen LogP contribution in [0.1, 0.15) is 48.0 Å². The Labute approximate surface area is 201 Å². The van der Waals surface area contributed by atoms with E-state index in [2.05, 4.69) is 16.0 Å². The molecule has 7 nitrogen and oxygen atoms in total. The minimum atomic E-state index is -3.89. The zero-order chi connectivity index (χ0) is 23.7. The van der Waals surface area contributed by atoms with E-state index in [4.69, 9.17) is 4.74 Å². The topological polar surface area (TPSA) is 91.1 Å². The molecule has 4 aromatic rings. The maximum Gasteiger partial charge on any atom is 0.367 e. The second-order valence-corrected chi connectivity index (χ2v) is 10.7. The molecule has 9 heteroatoms. The van der Waals surface area contributed by atoms with Gasteiger partial charge in [0.25, 0.3) is 10.0 Å². The summed E-state index contributed by atoms with van der Waals surface area (Å²) in [6.45, 7) is 1.99. The van der Waals surface area contributed by atoms with Crippen LogP contribution in [0.2, 0.25) is 0 Å². The van der Waals surface area contributed by atoms with Crippen molar-refractivity contribution in [1.82, 2.24) is 13.9 Å². The molecule has 0 N–H and O–H groups in total. The number of aromatic nitrogens is 3. The van der Waals surface area contributed by atoms with E-state index in [9.17, 15) is 13.2 Å². The lowest BCUT2D eigenvalue weighted by molar-refractivity contribution is 0.0526. The molecular weight excluding hydrogens is 470 g/mol. The number of nitrogens with zero attached hydrogens (tertiary/aromatic N) is 3. The summed E-state index contributed by atoms with van der Waals surface area (Å²) in [5.74, 6) is -0.495. The summed E-state index contributed by atoms with van der Waals surface area (Å²) in [6.07, 6.45) is 9.80. The highest BCUT2D eigenvalue weighted by atomic mass is 32.2. The highest BCUT2D eigenvalue weighted by molar-refractivity contribution is 7.90. The monoisotopic (exact) mass is 493 g/mol. The first-order chi connectivity index (χ1) is 16.5. The van der Waals surface area contributed by atoms with Crippen LogP contribution >= 0.6 is 11.3 Å². The minimum absolute atomic E-state index is 0.171. The van der Waals surface area contributed by atoms with Gasteiger partial charge in [0.05, 0.1) is 17.2 Å². The smallest absolute Gasteiger partial charge is 0.367 e. The zero-order valence-electron chi connectivity index (χ0n) is 18.6. The van der Waals surface area contributed by atoms with Gasteiger partial charge in [0.2, 0.25) is 5.01 Å². The SMILES string of the molecule is CCOC(=O)c1nc(-c2cn(S(=O)(=O)c3ccccc3)c3ncc(C4=CCCCC4)cc23)cs1. The van der Waals surface area contributed by atoms with Gasteiger partial charge in [0.1, 0.15) is 0 Å². The van der Waals surface area contributed by atoms with E-state index in [1.165, 1.54) is 27.3 Å². The number of hydrogen-bond donors (Lipinski definition) is 0. The molecule has 0 fully saturated rings. The van der Waals surface area contributed by atoms with Crippen molar-refractivity contribution in [3.63, 3.8) is 0 Å².